The highest BCUT2D eigenvalue weighted by Crippen LogP contribution is 2.19. The van der Waals surface area contributed by atoms with Crippen molar-refractivity contribution in [1.82, 2.24) is 4.90 Å². The van der Waals surface area contributed by atoms with E-state index in [9.17, 15) is 4.79 Å². The predicted octanol–water partition coefficient (Wildman–Crippen LogP) is 1.31. The first-order valence-electron chi connectivity index (χ1n) is 6.03. The van der Waals surface area contributed by atoms with E-state index in [4.69, 9.17) is 5.11 Å². The number of ketones is 1. The van der Waals surface area contributed by atoms with Gasteiger partial charge in [0.05, 0.1) is 6.54 Å². The van der Waals surface area contributed by atoms with Crippen molar-refractivity contribution in [2.45, 2.75) is 33.1 Å². The van der Waals surface area contributed by atoms with E-state index in [-0.39, 0.29) is 12.5 Å². The van der Waals surface area contributed by atoms with Crippen molar-refractivity contribution in [3.8, 4) is 0 Å². The summed E-state index contributed by atoms with van der Waals surface area (Å²) in [5.74, 6) is 1.16. The Kier molecular flexibility index (Phi) is 5.26. The summed E-state index contributed by atoms with van der Waals surface area (Å²) in [6.07, 6.45) is 2.95. The summed E-state index contributed by atoms with van der Waals surface area (Å²) in [6, 6.07) is 0. The number of carbonyl (C=O) groups is 1. The largest absolute Gasteiger partial charge is 0.396 e. The average molecular weight is 213 g/mol. The lowest BCUT2D eigenvalue weighted by atomic mass is 10.0. The van der Waals surface area contributed by atoms with Gasteiger partial charge in [0.25, 0.3) is 0 Å². The van der Waals surface area contributed by atoms with Crippen LogP contribution in [0, 0.1) is 11.8 Å². The third kappa shape index (κ3) is 3.92. The summed E-state index contributed by atoms with van der Waals surface area (Å²) in [6.45, 7) is 6.95. The van der Waals surface area contributed by atoms with Crippen LogP contribution in [0.1, 0.15) is 33.1 Å². The lowest BCUT2D eigenvalue weighted by Gasteiger charge is -2.17. The van der Waals surface area contributed by atoms with Crippen molar-refractivity contribution in [3.63, 3.8) is 0 Å². The monoisotopic (exact) mass is 213 g/mol. The highest BCUT2D eigenvalue weighted by molar-refractivity contribution is 5.82. The zero-order valence-corrected chi connectivity index (χ0v) is 9.91. The lowest BCUT2D eigenvalue weighted by molar-refractivity contribution is -0.123. The molecule has 1 aliphatic rings. The van der Waals surface area contributed by atoms with Gasteiger partial charge in [-0.25, -0.2) is 0 Å². The van der Waals surface area contributed by atoms with Gasteiger partial charge in [-0.05, 0) is 31.7 Å². The second-order valence-corrected chi connectivity index (χ2v) is 4.68. The molecule has 1 rings (SSSR count). The van der Waals surface area contributed by atoms with Gasteiger partial charge in [0.1, 0.15) is 5.78 Å². The second-order valence-electron chi connectivity index (χ2n) is 4.68. The summed E-state index contributed by atoms with van der Waals surface area (Å²) >= 11 is 0. The second kappa shape index (κ2) is 6.23. The molecule has 0 aromatic carbocycles. The number of aliphatic hydroxyl groups is 1. The van der Waals surface area contributed by atoms with Crippen molar-refractivity contribution < 1.29 is 9.90 Å². The SMILES string of the molecule is CCC(C)C(=O)CN1CCC(CCO)C1. The number of nitrogens with zero attached hydrogens (tertiary/aromatic N) is 1. The quantitative estimate of drug-likeness (QED) is 0.723. The summed E-state index contributed by atoms with van der Waals surface area (Å²) in [4.78, 5) is 13.9. The van der Waals surface area contributed by atoms with E-state index < -0.39 is 0 Å². The smallest absolute Gasteiger partial charge is 0.149 e. The van der Waals surface area contributed by atoms with Crippen LogP contribution in [0.4, 0.5) is 0 Å². The molecule has 0 bridgehead atoms. The van der Waals surface area contributed by atoms with E-state index >= 15 is 0 Å². The number of rotatable bonds is 6. The molecule has 0 radical (unpaired) electrons. The van der Waals surface area contributed by atoms with Gasteiger partial charge >= 0.3 is 0 Å². The maximum atomic E-state index is 11.7. The van der Waals surface area contributed by atoms with E-state index in [0.29, 0.717) is 18.2 Å². The van der Waals surface area contributed by atoms with E-state index in [0.717, 1.165) is 32.4 Å². The first-order valence-corrected chi connectivity index (χ1v) is 6.03. The fourth-order valence-electron chi connectivity index (χ4n) is 2.08. The van der Waals surface area contributed by atoms with Gasteiger partial charge in [0, 0.05) is 19.1 Å². The summed E-state index contributed by atoms with van der Waals surface area (Å²) in [7, 11) is 0. The van der Waals surface area contributed by atoms with Crippen LogP contribution in [0.5, 0.6) is 0 Å². The Morgan fingerprint density at radius 1 is 1.60 bits per heavy atom. The first kappa shape index (κ1) is 12.7. The van der Waals surface area contributed by atoms with E-state index in [1.165, 1.54) is 0 Å². The fraction of sp³-hybridized carbons (Fsp3) is 0.917. The molecule has 1 heterocycles. The highest BCUT2D eigenvalue weighted by atomic mass is 16.3. The molecule has 0 saturated carbocycles. The molecular weight excluding hydrogens is 190 g/mol. The van der Waals surface area contributed by atoms with Crippen molar-refractivity contribution in [2.75, 3.05) is 26.2 Å². The summed E-state index contributed by atoms with van der Waals surface area (Å²) < 4.78 is 0. The van der Waals surface area contributed by atoms with Crippen LogP contribution in [0.2, 0.25) is 0 Å². The Morgan fingerprint density at radius 2 is 2.33 bits per heavy atom. The molecule has 0 aromatic rings. The minimum atomic E-state index is 0.196. The van der Waals surface area contributed by atoms with Crippen LogP contribution < -0.4 is 0 Å². The Balaban J connectivity index is 2.26. The molecule has 2 unspecified atom stereocenters. The molecule has 3 heteroatoms. The molecule has 2 atom stereocenters. The highest BCUT2D eigenvalue weighted by Gasteiger charge is 2.24. The third-order valence-corrected chi connectivity index (χ3v) is 3.45. The first-order chi connectivity index (χ1) is 7.17. The summed E-state index contributed by atoms with van der Waals surface area (Å²) in [5, 5.41) is 8.84. The van der Waals surface area contributed by atoms with Gasteiger partial charge in [-0.1, -0.05) is 13.8 Å². The molecule has 0 spiro atoms. The molecule has 1 N–H and O–H groups in total. The molecule has 0 aromatic heterocycles. The summed E-state index contributed by atoms with van der Waals surface area (Å²) in [5.41, 5.74) is 0. The van der Waals surface area contributed by atoms with Crippen molar-refractivity contribution in [1.29, 1.82) is 0 Å². The van der Waals surface area contributed by atoms with E-state index in [1.807, 2.05) is 6.92 Å². The molecule has 1 fully saturated rings. The van der Waals surface area contributed by atoms with Crippen LogP contribution in [0.15, 0.2) is 0 Å². The van der Waals surface area contributed by atoms with Gasteiger partial charge in [-0.2, -0.15) is 0 Å². The standard InChI is InChI=1S/C12H23NO2/c1-3-10(2)12(15)9-13-6-4-11(8-13)5-7-14/h10-11,14H,3-9H2,1-2H3. The van der Waals surface area contributed by atoms with Gasteiger partial charge in [0.15, 0.2) is 0 Å². The Labute approximate surface area is 92.5 Å². The number of hydrogen-bond acceptors (Lipinski definition) is 3. The number of Topliss-reactive ketones (excluding diaryl/α,β-unsaturated/α-hetero) is 1. The van der Waals surface area contributed by atoms with Crippen molar-refractivity contribution in [2.24, 2.45) is 11.8 Å². The third-order valence-electron chi connectivity index (χ3n) is 3.45. The van der Waals surface area contributed by atoms with Crippen molar-refractivity contribution >= 4 is 5.78 Å². The fourth-order valence-corrected chi connectivity index (χ4v) is 2.08. The van der Waals surface area contributed by atoms with E-state index in [1.54, 1.807) is 0 Å². The number of aliphatic hydroxyl groups excluding tert-OH is 1. The van der Waals surface area contributed by atoms with Crippen LogP contribution in [-0.4, -0.2) is 42.0 Å². The van der Waals surface area contributed by atoms with Gasteiger partial charge in [-0.15, -0.1) is 0 Å². The maximum absolute atomic E-state index is 11.7. The molecule has 88 valence electrons. The van der Waals surface area contributed by atoms with Crippen molar-refractivity contribution in [3.05, 3.63) is 0 Å². The van der Waals surface area contributed by atoms with Gasteiger partial charge in [0.2, 0.25) is 0 Å². The topological polar surface area (TPSA) is 40.5 Å². The molecular formula is C12H23NO2. The number of carbonyl (C=O) groups excluding carboxylic acids is 1. The average Bonchev–Trinajstić information content (AvgIpc) is 2.65. The molecule has 0 aliphatic carbocycles. The predicted molar refractivity (Wildman–Crippen MR) is 60.7 cm³/mol. The minimum absolute atomic E-state index is 0.196. The Morgan fingerprint density at radius 3 is 2.93 bits per heavy atom. The minimum Gasteiger partial charge on any atom is -0.396 e. The van der Waals surface area contributed by atoms with E-state index in [2.05, 4.69) is 11.8 Å². The molecule has 1 saturated heterocycles. The van der Waals surface area contributed by atoms with Gasteiger partial charge in [-0.3, -0.25) is 9.69 Å². The number of likely N-dealkylation sites (tertiary alicyclic amines) is 1. The Bertz CT molecular complexity index is 206. The lowest BCUT2D eigenvalue weighted by Crippen LogP contribution is -2.30. The molecule has 15 heavy (non-hydrogen) atoms. The van der Waals surface area contributed by atoms with Crippen LogP contribution in [0.3, 0.4) is 0 Å². The van der Waals surface area contributed by atoms with Crippen LogP contribution >= 0.6 is 0 Å². The number of hydrogen-bond donors (Lipinski definition) is 1. The normalized spacial score (nSPS) is 24.3. The zero-order valence-electron chi connectivity index (χ0n) is 9.91. The maximum Gasteiger partial charge on any atom is 0.149 e. The molecule has 1 aliphatic heterocycles. The van der Waals surface area contributed by atoms with Crippen LogP contribution in [-0.2, 0) is 4.79 Å². The van der Waals surface area contributed by atoms with Crippen LogP contribution in [0.25, 0.3) is 0 Å². The molecule has 3 nitrogen and oxygen atoms in total. The Hall–Kier alpha value is -0.410. The molecule has 0 amide bonds. The zero-order chi connectivity index (χ0) is 11.3. The van der Waals surface area contributed by atoms with Gasteiger partial charge < -0.3 is 5.11 Å².